The molecule has 1 amide bonds. The van der Waals surface area contributed by atoms with Gasteiger partial charge >= 0.3 is 0 Å². The van der Waals surface area contributed by atoms with Gasteiger partial charge < -0.3 is 10.2 Å². The fourth-order valence-electron chi connectivity index (χ4n) is 3.03. The van der Waals surface area contributed by atoms with Crippen LogP contribution in [0.5, 0.6) is 0 Å². The van der Waals surface area contributed by atoms with E-state index in [9.17, 15) is 4.79 Å². The molecule has 0 saturated carbocycles. The molecule has 24 heavy (non-hydrogen) atoms. The molecule has 3 nitrogen and oxygen atoms in total. The van der Waals surface area contributed by atoms with Gasteiger partial charge in [0.1, 0.15) is 0 Å². The lowest BCUT2D eigenvalue weighted by atomic mass is 9.85. The summed E-state index contributed by atoms with van der Waals surface area (Å²) in [5.74, 6) is 0.177. The van der Waals surface area contributed by atoms with Crippen LogP contribution in [-0.4, -0.2) is 35.3 Å². The zero-order valence-electron chi connectivity index (χ0n) is 16.0. The second kappa shape index (κ2) is 9.00. The number of carbonyl (C=O) groups is 1. The van der Waals surface area contributed by atoms with E-state index in [1.54, 1.807) is 0 Å². The fourth-order valence-corrected chi connectivity index (χ4v) is 3.59. The van der Waals surface area contributed by atoms with Crippen molar-refractivity contribution >= 4 is 21.8 Å². The van der Waals surface area contributed by atoms with Crippen molar-refractivity contribution in [3.63, 3.8) is 0 Å². The third-order valence-electron chi connectivity index (χ3n) is 3.89. The Morgan fingerprint density at radius 1 is 1.21 bits per heavy atom. The fraction of sp³-hybridized carbons (Fsp3) is 0.650. The highest BCUT2D eigenvalue weighted by atomic mass is 79.9. The molecule has 136 valence electrons. The normalized spacial score (nSPS) is 15.8. The lowest BCUT2D eigenvalue weighted by Crippen LogP contribution is -2.45. The highest BCUT2D eigenvalue weighted by Gasteiger charge is 2.26. The summed E-state index contributed by atoms with van der Waals surface area (Å²) >= 11 is 3.78. The van der Waals surface area contributed by atoms with Gasteiger partial charge in [0.2, 0.25) is 5.91 Å². The van der Waals surface area contributed by atoms with Crippen molar-refractivity contribution < 1.29 is 4.79 Å². The summed E-state index contributed by atoms with van der Waals surface area (Å²) in [5, 5.41) is 3.10. The minimum Gasteiger partial charge on any atom is -0.354 e. The van der Waals surface area contributed by atoms with E-state index in [2.05, 4.69) is 85.2 Å². The molecule has 0 heterocycles. The summed E-state index contributed by atoms with van der Waals surface area (Å²) < 4.78 is -0.145. The Labute approximate surface area is 156 Å². The number of hydrogen-bond acceptors (Lipinski definition) is 2. The number of carbonyl (C=O) groups excluding carboxylic acids is 1. The van der Waals surface area contributed by atoms with Crippen LogP contribution in [0.1, 0.15) is 46.6 Å². The summed E-state index contributed by atoms with van der Waals surface area (Å²) in [4.78, 5) is 14.6. The van der Waals surface area contributed by atoms with Crippen LogP contribution in [0.15, 0.2) is 30.3 Å². The molecule has 0 aliphatic rings. The van der Waals surface area contributed by atoms with Crippen LogP contribution in [0, 0.1) is 11.3 Å². The molecule has 2 atom stereocenters. The van der Waals surface area contributed by atoms with E-state index in [0.29, 0.717) is 6.54 Å². The third-order valence-corrected chi connectivity index (χ3v) is 4.42. The monoisotopic (exact) mass is 396 g/mol. The molecule has 0 radical (unpaired) electrons. The van der Waals surface area contributed by atoms with Crippen LogP contribution in [0.3, 0.4) is 0 Å². The standard InChI is InChI=1S/C20H33BrN2O/c1-16(12-19(2,3)4)18(24)22-14-20(5,21)15-23(6)13-17-10-8-7-9-11-17/h7-11,16H,12-15H2,1-6H3,(H,22,24). The van der Waals surface area contributed by atoms with Gasteiger partial charge in [0, 0.05) is 25.6 Å². The van der Waals surface area contributed by atoms with Crippen LogP contribution in [0.25, 0.3) is 0 Å². The van der Waals surface area contributed by atoms with Crippen LogP contribution in [-0.2, 0) is 11.3 Å². The molecule has 1 aromatic carbocycles. The van der Waals surface area contributed by atoms with Gasteiger partial charge in [-0.3, -0.25) is 4.79 Å². The van der Waals surface area contributed by atoms with Crippen molar-refractivity contribution in [2.45, 2.75) is 51.9 Å². The Kier molecular flexibility index (Phi) is 7.94. The van der Waals surface area contributed by atoms with Crippen LogP contribution >= 0.6 is 15.9 Å². The number of hydrogen-bond donors (Lipinski definition) is 1. The Bertz CT molecular complexity index is 508. The second-order valence-corrected chi connectivity index (χ2v) is 10.4. The summed E-state index contributed by atoms with van der Waals surface area (Å²) in [6, 6.07) is 10.4. The molecule has 0 aromatic heterocycles. The van der Waals surface area contributed by atoms with Gasteiger partial charge in [-0.15, -0.1) is 0 Å². The Balaban J connectivity index is 2.43. The summed E-state index contributed by atoms with van der Waals surface area (Å²) in [7, 11) is 2.11. The van der Waals surface area contributed by atoms with Crippen molar-refractivity contribution in [2.24, 2.45) is 11.3 Å². The van der Waals surface area contributed by atoms with E-state index in [1.165, 1.54) is 5.56 Å². The van der Waals surface area contributed by atoms with Gasteiger partial charge in [-0.1, -0.05) is 74.0 Å². The molecule has 0 aliphatic carbocycles. The van der Waals surface area contributed by atoms with Crippen molar-refractivity contribution in [3.8, 4) is 0 Å². The first-order valence-electron chi connectivity index (χ1n) is 8.68. The van der Waals surface area contributed by atoms with E-state index in [4.69, 9.17) is 0 Å². The maximum Gasteiger partial charge on any atom is 0.222 e. The predicted molar refractivity (Wildman–Crippen MR) is 106 cm³/mol. The zero-order valence-corrected chi connectivity index (χ0v) is 17.6. The average molecular weight is 397 g/mol. The Morgan fingerprint density at radius 3 is 2.33 bits per heavy atom. The van der Waals surface area contributed by atoms with Gasteiger partial charge in [-0.25, -0.2) is 0 Å². The first kappa shape index (κ1) is 21.2. The molecule has 0 aliphatic heterocycles. The number of nitrogens with zero attached hydrogens (tertiary/aromatic N) is 1. The zero-order chi connectivity index (χ0) is 18.4. The minimum atomic E-state index is -0.145. The summed E-state index contributed by atoms with van der Waals surface area (Å²) in [5.41, 5.74) is 1.47. The molecule has 4 heteroatoms. The highest BCUT2D eigenvalue weighted by Crippen LogP contribution is 2.24. The van der Waals surface area contributed by atoms with Gasteiger partial charge in [0.05, 0.1) is 4.32 Å². The molecule has 2 unspecified atom stereocenters. The van der Waals surface area contributed by atoms with E-state index in [0.717, 1.165) is 19.5 Å². The molecule has 1 aromatic rings. The maximum absolute atomic E-state index is 12.3. The Morgan fingerprint density at radius 2 is 1.79 bits per heavy atom. The number of nitrogens with one attached hydrogen (secondary N) is 1. The third kappa shape index (κ3) is 8.84. The molecular formula is C20H33BrN2O. The number of benzene rings is 1. The maximum atomic E-state index is 12.3. The van der Waals surface area contributed by atoms with Gasteiger partial charge in [-0.05, 0) is 31.4 Å². The second-order valence-electron chi connectivity index (χ2n) is 8.45. The summed E-state index contributed by atoms with van der Waals surface area (Å²) in [6.45, 7) is 13.0. The van der Waals surface area contributed by atoms with E-state index in [1.807, 2.05) is 13.0 Å². The number of halogens is 1. The molecule has 1 N–H and O–H groups in total. The van der Waals surface area contributed by atoms with E-state index in [-0.39, 0.29) is 21.6 Å². The molecule has 0 spiro atoms. The quantitative estimate of drug-likeness (QED) is 0.657. The average Bonchev–Trinajstić information content (AvgIpc) is 2.43. The first-order valence-corrected chi connectivity index (χ1v) is 9.47. The van der Waals surface area contributed by atoms with E-state index >= 15 is 0 Å². The number of amides is 1. The van der Waals surface area contributed by atoms with Gasteiger partial charge in [0.15, 0.2) is 0 Å². The molecule has 0 saturated heterocycles. The van der Waals surface area contributed by atoms with Crippen molar-refractivity contribution in [3.05, 3.63) is 35.9 Å². The molecule has 0 bridgehead atoms. The number of rotatable bonds is 8. The Hall–Kier alpha value is -0.870. The topological polar surface area (TPSA) is 32.3 Å². The highest BCUT2D eigenvalue weighted by molar-refractivity contribution is 9.10. The van der Waals surface area contributed by atoms with Gasteiger partial charge in [0.25, 0.3) is 0 Å². The van der Waals surface area contributed by atoms with Crippen LogP contribution in [0.4, 0.5) is 0 Å². The first-order chi connectivity index (χ1) is 11.0. The van der Waals surface area contributed by atoms with Crippen molar-refractivity contribution in [2.75, 3.05) is 20.1 Å². The van der Waals surface area contributed by atoms with E-state index < -0.39 is 0 Å². The lowest BCUT2D eigenvalue weighted by molar-refractivity contribution is -0.125. The lowest BCUT2D eigenvalue weighted by Gasteiger charge is -2.30. The smallest absolute Gasteiger partial charge is 0.222 e. The minimum absolute atomic E-state index is 0.0374. The predicted octanol–water partition coefficient (Wildman–Crippen LogP) is 4.46. The van der Waals surface area contributed by atoms with Crippen molar-refractivity contribution in [1.29, 1.82) is 0 Å². The van der Waals surface area contributed by atoms with Crippen LogP contribution in [0.2, 0.25) is 0 Å². The molecule has 0 fully saturated rings. The molecular weight excluding hydrogens is 364 g/mol. The van der Waals surface area contributed by atoms with Gasteiger partial charge in [-0.2, -0.15) is 0 Å². The van der Waals surface area contributed by atoms with Crippen LogP contribution < -0.4 is 5.32 Å². The SMILES string of the molecule is CC(CC(C)(C)C)C(=O)NCC(C)(Br)CN(C)Cc1ccccc1. The van der Waals surface area contributed by atoms with Crippen molar-refractivity contribution in [1.82, 2.24) is 10.2 Å². The number of alkyl halides is 1. The molecule has 1 rings (SSSR count). The largest absolute Gasteiger partial charge is 0.354 e. The summed E-state index contributed by atoms with van der Waals surface area (Å²) in [6.07, 6.45) is 0.895.